The van der Waals surface area contributed by atoms with Gasteiger partial charge in [0.2, 0.25) is 5.91 Å². The molecule has 6 nitrogen and oxygen atoms in total. The van der Waals surface area contributed by atoms with Crippen molar-refractivity contribution in [1.29, 1.82) is 0 Å². The number of nitrogens with zero attached hydrogens (tertiary/aromatic N) is 5. The van der Waals surface area contributed by atoms with Crippen LogP contribution in [0.1, 0.15) is 62.2 Å². The quantitative estimate of drug-likeness (QED) is 0.802. The van der Waals surface area contributed by atoms with Crippen LogP contribution in [0.5, 0.6) is 0 Å². The predicted octanol–water partition coefficient (Wildman–Crippen LogP) is 3.79. The van der Waals surface area contributed by atoms with Gasteiger partial charge in [0.1, 0.15) is 0 Å². The Labute approximate surface area is 163 Å². The average Bonchev–Trinajstić information content (AvgIpc) is 3.06. The zero-order valence-corrected chi connectivity index (χ0v) is 16.5. The molecule has 0 atom stereocenters. The minimum absolute atomic E-state index is 0.0367. The summed E-state index contributed by atoms with van der Waals surface area (Å²) in [4.78, 5) is 20.1. The Morgan fingerprint density at radius 1 is 1.21 bits per heavy atom. The number of rotatable bonds is 3. The maximum atomic E-state index is 13.3. The Balaban J connectivity index is 1.83. The molecular weight excluding hydrogens is 364 g/mol. The smallest absolute Gasteiger partial charge is 0.265 e. The van der Waals surface area contributed by atoms with Crippen molar-refractivity contribution in [2.45, 2.75) is 59.0 Å². The third-order valence-corrected chi connectivity index (χ3v) is 5.56. The van der Waals surface area contributed by atoms with Gasteiger partial charge in [-0.1, -0.05) is 0 Å². The molecule has 4 heterocycles. The van der Waals surface area contributed by atoms with Gasteiger partial charge in [0.15, 0.2) is 5.82 Å². The lowest BCUT2D eigenvalue weighted by Gasteiger charge is -2.32. The first-order valence-electron chi connectivity index (χ1n) is 9.77. The highest BCUT2D eigenvalue weighted by Gasteiger charge is 2.32. The first kappa shape index (κ1) is 18.8. The van der Waals surface area contributed by atoms with Crippen molar-refractivity contribution in [2.24, 2.45) is 0 Å². The monoisotopic (exact) mass is 389 g/mol. The topological polar surface area (TPSA) is 54.3 Å². The number of aryl methyl sites for hydroxylation is 1. The van der Waals surface area contributed by atoms with E-state index in [0.29, 0.717) is 25.3 Å². The summed E-state index contributed by atoms with van der Waals surface area (Å²) >= 11 is 0. The van der Waals surface area contributed by atoms with Gasteiger partial charge in [-0.25, -0.2) is 8.78 Å². The molecule has 0 saturated carbocycles. The van der Waals surface area contributed by atoms with Gasteiger partial charge in [-0.05, 0) is 32.8 Å². The van der Waals surface area contributed by atoms with Crippen LogP contribution in [0.4, 0.5) is 20.3 Å². The van der Waals surface area contributed by atoms with Crippen LogP contribution in [0.25, 0.3) is 0 Å². The Bertz CT molecular complexity index is 908. The minimum Gasteiger partial charge on any atom is -0.338 e. The minimum atomic E-state index is -2.56. The fourth-order valence-corrected chi connectivity index (χ4v) is 4.13. The van der Waals surface area contributed by atoms with Gasteiger partial charge >= 0.3 is 0 Å². The number of alkyl halides is 2. The summed E-state index contributed by atoms with van der Waals surface area (Å²) in [5.41, 5.74) is 3.61. The molecule has 0 spiro atoms. The van der Waals surface area contributed by atoms with Crippen molar-refractivity contribution in [3.8, 4) is 0 Å². The number of pyridine rings is 1. The zero-order chi connectivity index (χ0) is 20.0. The first-order chi connectivity index (χ1) is 13.4. The number of anilines is 2. The fourth-order valence-electron chi connectivity index (χ4n) is 4.13. The van der Waals surface area contributed by atoms with Crippen LogP contribution in [0.2, 0.25) is 0 Å². The summed E-state index contributed by atoms with van der Waals surface area (Å²) in [7, 11) is 0. The van der Waals surface area contributed by atoms with Crippen molar-refractivity contribution < 1.29 is 13.6 Å². The van der Waals surface area contributed by atoms with Crippen LogP contribution in [-0.4, -0.2) is 38.7 Å². The highest BCUT2D eigenvalue weighted by atomic mass is 19.3. The molecule has 0 radical (unpaired) electrons. The molecule has 2 aromatic rings. The lowest BCUT2D eigenvalue weighted by molar-refractivity contribution is -0.129. The Morgan fingerprint density at radius 2 is 2.00 bits per heavy atom. The van der Waals surface area contributed by atoms with Gasteiger partial charge in [-0.15, -0.1) is 0 Å². The number of fused-ring (bicyclic) bond motifs is 2. The summed E-state index contributed by atoms with van der Waals surface area (Å²) in [6, 6.07) is 1.72. The van der Waals surface area contributed by atoms with Crippen LogP contribution >= 0.6 is 0 Å². The van der Waals surface area contributed by atoms with Crippen molar-refractivity contribution in [3.63, 3.8) is 0 Å². The Morgan fingerprint density at radius 3 is 2.68 bits per heavy atom. The van der Waals surface area contributed by atoms with Gasteiger partial charge < -0.3 is 9.80 Å². The number of hydrogen-bond acceptors (Lipinski definition) is 4. The summed E-state index contributed by atoms with van der Waals surface area (Å²) in [6.07, 6.45) is 1.11. The van der Waals surface area contributed by atoms with E-state index in [1.807, 2.05) is 14.5 Å². The molecule has 0 saturated heterocycles. The van der Waals surface area contributed by atoms with Crippen LogP contribution in [0.3, 0.4) is 0 Å². The second-order valence-corrected chi connectivity index (χ2v) is 7.77. The molecule has 0 aliphatic carbocycles. The van der Waals surface area contributed by atoms with Gasteiger partial charge in [0, 0.05) is 55.5 Å². The Hall–Kier alpha value is -2.51. The summed E-state index contributed by atoms with van der Waals surface area (Å²) in [6.45, 7) is 7.61. The average molecular weight is 389 g/mol. The first-order valence-corrected chi connectivity index (χ1v) is 9.77. The predicted molar refractivity (Wildman–Crippen MR) is 102 cm³/mol. The molecule has 2 aliphatic heterocycles. The van der Waals surface area contributed by atoms with Gasteiger partial charge in [0.25, 0.3) is 6.43 Å². The number of amides is 1. The van der Waals surface area contributed by atoms with Crippen LogP contribution in [0, 0.1) is 0 Å². The van der Waals surface area contributed by atoms with E-state index in [4.69, 9.17) is 5.10 Å². The number of hydrogen-bond donors (Lipinski definition) is 0. The van der Waals surface area contributed by atoms with E-state index in [1.165, 1.54) is 6.20 Å². The second kappa shape index (κ2) is 7.14. The van der Waals surface area contributed by atoms with Crippen molar-refractivity contribution in [3.05, 3.63) is 34.8 Å². The molecule has 4 rings (SSSR count). The summed E-state index contributed by atoms with van der Waals surface area (Å²) in [5, 5.41) is 4.87. The molecule has 8 heteroatoms. The van der Waals surface area contributed by atoms with Crippen LogP contribution < -0.4 is 4.90 Å². The molecule has 0 aromatic carbocycles. The molecule has 28 heavy (non-hydrogen) atoms. The normalized spacial score (nSPS) is 16.5. The van der Waals surface area contributed by atoms with E-state index in [0.717, 1.165) is 42.0 Å². The molecule has 0 unspecified atom stereocenters. The fraction of sp³-hybridized carbons (Fsp3) is 0.550. The third-order valence-electron chi connectivity index (χ3n) is 5.56. The maximum absolute atomic E-state index is 13.3. The van der Waals surface area contributed by atoms with Crippen molar-refractivity contribution in [1.82, 2.24) is 19.7 Å². The van der Waals surface area contributed by atoms with E-state index in [2.05, 4.69) is 18.8 Å². The molecule has 2 aromatic heterocycles. The van der Waals surface area contributed by atoms with Crippen LogP contribution in [-0.2, 0) is 24.2 Å². The van der Waals surface area contributed by atoms with Gasteiger partial charge in [-0.2, -0.15) is 5.10 Å². The largest absolute Gasteiger partial charge is 0.338 e. The van der Waals surface area contributed by atoms with E-state index in [9.17, 15) is 13.6 Å². The third kappa shape index (κ3) is 3.14. The number of carbonyl (C=O) groups is 1. The second-order valence-electron chi connectivity index (χ2n) is 7.77. The van der Waals surface area contributed by atoms with Crippen LogP contribution in [0.15, 0.2) is 12.3 Å². The van der Waals surface area contributed by atoms with E-state index in [1.54, 1.807) is 13.0 Å². The van der Waals surface area contributed by atoms with Gasteiger partial charge in [0.05, 0.1) is 17.9 Å². The molecule has 0 bridgehead atoms. The molecule has 0 N–H and O–H groups in total. The SMILES string of the molecule is CC(=O)N1CCc2c(c(N3CCCc4ncc(C(F)F)cc43)nn2C(C)C)C1. The molecular formula is C20H25F2N5O. The van der Waals surface area contributed by atoms with Gasteiger partial charge in [-0.3, -0.25) is 14.5 Å². The number of aromatic nitrogens is 3. The highest BCUT2D eigenvalue weighted by molar-refractivity contribution is 5.75. The molecule has 0 fully saturated rings. The van der Waals surface area contributed by atoms with Crippen molar-refractivity contribution >= 4 is 17.4 Å². The van der Waals surface area contributed by atoms with E-state index in [-0.39, 0.29) is 17.5 Å². The molecule has 1 amide bonds. The Kier molecular flexibility index (Phi) is 4.81. The maximum Gasteiger partial charge on any atom is 0.265 e. The van der Waals surface area contributed by atoms with E-state index < -0.39 is 6.43 Å². The standard InChI is InChI=1S/C20H25F2N5O/c1-12(2)27-17-6-8-25(13(3)28)11-15(17)20(24-27)26-7-4-5-16-18(26)9-14(10-23-16)19(21)22/h9-10,12,19H,4-8,11H2,1-3H3. The number of carbonyl (C=O) groups excluding carboxylic acids is 1. The van der Waals surface area contributed by atoms with E-state index >= 15 is 0 Å². The lowest BCUT2D eigenvalue weighted by atomic mass is 10.0. The zero-order valence-electron chi connectivity index (χ0n) is 16.5. The molecule has 150 valence electrons. The molecule has 2 aliphatic rings. The highest BCUT2D eigenvalue weighted by Crippen LogP contribution is 2.39. The lowest BCUT2D eigenvalue weighted by Crippen LogP contribution is -2.35. The number of halogens is 2. The summed E-state index contributed by atoms with van der Waals surface area (Å²) in [5.74, 6) is 0.804. The van der Waals surface area contributed by atoms with Crippen molar-refractivity contribution in [2.75, 3.05) is 18.0 Å². The summed E-state index contributed by atoms with van der Waals surface area (Å²) < 4.78 is 28.5.